The van der Waals surface area contributed by atoms with Crippen LogP contribution in [0.3, 0.4) is 0 Å². The number of fused-ring (bicyclic) bond motifs is 1. The number of carbonyl (C=O) groups is 1. The highest BCUT2D eigenvalue weighted by atomic mass is 16.4. The lowest BCUT2D eigenvalue weighted by Gasteiger charge is -2.06. The van der Waals surface area contributed by atoms with Crippen molar-refractivity contribution >= 4 is 11.6 Å². The van der Waals surface area contributed by atoms with Crippen LogP contribution in [0.1, 0.15) is 21.5 Å². The van der Waals surface area contributed by atoms with Crippen LogP contribution < -0.4 is 0 Å². The van der Waals surface area contributed by atoms with E-state index >= 15 is 0 Å². The minimum absolute atomic E-state index is 0.299. The summed E-state index contributed by atoms with van der Waals surface area (Å²) in [5, 5.41) is 13.6. The first-order valence-corrected chi connectivity index (χ1v) is 10.3. The van der Waals surface area contributed by atoms with E-state index in [2.05, 4.69) is 21.1 Å². The number of aryl methyl sites for hydroxylation is 2. The molecule has 0 saturated heterocycles. The monoisotopic (exact) mass is 420 g/mol. The molecule has 0 radical (unpaired) electrons. The summed E-state index contributed by atoms with van der Waals surface area (Å²) in [5.74, 6) is -0.911. The Kier molecular flexibility index (Phi) is 5.17. The van der Waals surface area contributed by atoms with Crippen LogP contribution in [0.15, 0.2) is 91.4 Å². The topological polar surface area (TPSA) is 80.4 Å². The normalized spacial score (nSPS) is 11.0. The third-order valence-electron chi connectivity index (χ3n) is 5.45. The molecule has 0 aliphatic rings. The fraction of sp³-hybridized carbons (Fsp3) is 0.0769. The van der Waals surface area contributed by atoms with Crippen LogP contribution in [-0.4, -0.2) is 30.7 Å². The molecule has 6 heteroatoms. The number of hydrogen-bond donors (Lipinski definition) is 1. The van der Waals surface area contributed by atoms with E-state index in [4.69, 9.17) is 5.11 Å². The van der Waals surface area contributed by atoms with Crippen molar-refractivity contribution in [1.29, 1.82) is 0 Å². The van der Waals surface area contributed by atoms with Crippen molar-refractivity contribution < 1.29 is 9.90 Å². The summed E-state index contributed by atoms with van der Waals surface area (Å²) in [4.78, 5) is 20.0. The molecule has 32 heavy (non-hydrogen) atoms. The van der Waals surface area contributed by atoms with Gasteiger partial charge in [-0.05, 0) is 54.3 Å². The molecule has 0 fully saturated rings. The number of benzene rings is 2. The van der Waals surface area contributed by atoms with Crippen molar-refractivity contribution in [2.24, 2.45) is 0 Å². The standard InChI is InChI=1S/C26H20N4O2/c31-26(32)21-10-8-18(9-11-21)6-7-19-14-25-28-17-24(30(25)29-16-19)22-12-13-27-23(15-22)20-4-2-1-3-5-20/h1-5,8-17H,6-7H2,(H,31,32). The van der Waals surface area contributed by atoms with E-state index in [1.807, 2.05) is 71.5 Å². The predicted molar refractivity (Wildman–Crippen MR) is 122 cm³/mol. The molecule has 5 rings (SSSR count). The van der Waals surface area contributed by atoms with E-state index < -0.39 is 5.97 Å². The van der Waals surface area contributed by atoms with E-state index in [9.17, 15) is 4.79 Å². The van der Waals surface area contributed by atoms with Crippen molar-refractivity contribution in [3.8, 4) is 22.5 Å². The number of carboxylic acid groups (broad SMARTS) is 1. The Morgan fingerprint density at radius 3 is 2.38 bits per heavy atom. The van der Waals surface area contributed by atoms with Gasteiger partial charge in [-0.2, -0.15) is 5.10 Å². The molecule has 0 atom stereocenters. The Morgan fingerprint density at radius 1 is 0.812 bits per heavy atom. The number of pyridine rings is 1. The maximum atomic E-state index is 11.0. The number of imidazole rings is 1. The second-order valence-corrected chi connectivity index (χ2v) is 7.58. The van der Waals surface area contributed by atoms with Crippen LogP contribution in [0.4, 0.5) is 0 Å². The Hall–Kier alpha value is -4.32. The lowest BCUT2D eigenvalue weighted by Crippen LogP contribution is -1.99. The van der Waals surface area contributed by atoms with Crippen molar-refractivity contribution in [3.05, 3.63) is 108 Å². The Morgan fingerprint density at radius 2 is 1.59 bits per heavy atom. The Balaban J connectivity index is 1.37. The SMILES string of the molecule is O=C(O)c1ccc(CCc2cnn3c(-c4ccnc(-c5ccccc5)c4)cnc3c2)cc1. The zero-order valence-electron chi connectivity index (χ0n) is 17.2. The van der Waals surface area contributed by atoms with Crippen LogP contribution in [0.2, 0.25) is 0 Å². The van der Waals surface area contributed by atoms with Gasteiger partial charge in [0.05, 0.1) is 29.3 Å². The molecular weight excluding hydrogens is 400 g/mol. The van der Waals surface area contributed by atoms with E-state index in [-0.39, 0.29) is 0 Å². The summed E-state index contributed by atoms with van der Waals surface area (Å²) in [6.07, 6.45) is 7.10. The second-order valence-electron chi connectivity index (χ2n) is 7.58. The maximum absolute atomic E-state index is 11.0. The van der Waals surface area contributed by atoms with Gasteiger partial charge in [0.25, 0.3) is 0 Å². The largest absolute Gasteiger partial charge is 0.478 e. The summed E-state index contributed by atoms with van der Waals surface area (Å²) >= 11 is 0. The number of rotatable bonds is 6. The highest BCUT2D eigenvalue weighted by Gasteiger charge is 2.10. The van der Waals surface area contributed by atoms with E-state index in [1.54, 1.807) is 18.3 Å². The smallest absolute Gasteiger partial charge is 0.335 e. The van der Waals surface area contributed by atoms with Gasteiger partial charge in [0.15, 0.2) is 5.65 Å². The van der Waals surface area contributed by atoms with Gasteiger partial charge in [-0.15, -0.1) is 0 Å². The molecule has 3 heterocycles. The van der Waals surface area contributed by atoms with Crippen molar-refractivity contribution in [2.75, 3.05) is 0 Å². The van der Waals surface area contributed by atoms with Gasteiger partial charge in [0.1, 0.15) is 0 Å². The highest BCUT2D eigenvalue weighted by molar-refractivity contribution is 5.87. The van der Waals surface area contributed by atoms with Crippen LogP contribution in [0.25, 0.3) is 28.2 Å². The molecule has 0 unspecified atom stereocenters. The van der Waals surface area contributed by atoms with Crippen molar-refractivity contribution in [3.63, 3.8) is 0 Å². The molecule has 1 N–H and O–H groups in total. The van der Waals surface area contributed by atoms with E-state index in [0.29, 0.717) is 5.56 Å². The summed E-state index contributed by atoms with van der Waals surface area (Å²) < 4.78 is 1.84. The summed E-state index contributed by atoms with van der Waals surface area (Å²) in [6.45, 7) is 0. The van der Waals surface area contributed by atoms with Gasteiger partial charge < -0.3 is 5.11 Å². The molecule has 156 valence electrons. The Labute approximate surface area is 184 Å². The summed E-state index contributed by atoms with van der Waals surface area (Å²) in [6, 6.07) is 23.1. The van der Waals surface area contributed by atoms with Gasteiger partial charge in [0.2, 0.25) is 0 Å². The van der Waals surface area contributed by atoms with Gasteiger partial charge in [0, 0.05) is 17.3 Å². The average Bonchev–Trinajstić information content (AvgIpc) is 3.27. The quantitative estimate of drug-likeness (QED) is 0.421. The van der Waals surface area contributed by atoms with Crippen molar-refractivity contribution in [1.82, 2.24) is 19.6 Å². The maximum Gasteiger partial charge on any atom is 0.335 e. The second kappa shape index (κ2) is 8.43. The van der Waals surface area contributed by atoms with Gasteiger partial charge in [-0.3, -0.25) is 4.98 Å². The zero-order chi connectivity index (χ0) is 21.9. The minimum Gasteiger partial charge on any atom is -0.478 e. The number of aromatic nitrogens is 4. The molecule has 0 saturated carbocycles. The van der Waals surface area contributed by atoms with Crippen LogP contribution in [0, 0.1) is 0 Å². The molecule has 0 spiro atoms. The van der Waals surface area contributed by atoms with E-state index in [1.165, 1.54) is 0 Å². The molecule has 0 aliphatic carbocycles. The van der Waals surface area contributed by atoms with E-state index in [0.717, 1.165) is 52.1 Å². The Bertz CT molecular complexity index is 1390. The van der Waals surface area contributed by atoms with Crippen LogP contribution in [0.5, 0.6) is 0 Å². The number of nitrogens with zero attached hydrogens (tertiary/aromatic N) is 4. The third-order valence-corrected chi connectivity index (χ3v) is 5.45. The fourth-order valence-electron chi connectivity index (χ4n) is 3.71. The third kappa shape index (κ3) is 3.98. The number of hydrogen-bond acceptors (Lipinski definition) is 4. The number of carboxylic acids is 1. The molecular formula is C26H20N4O2. The van der Waals surface area contributed by atoms with Gasteiger partial charge in [-0.1, -0.05) is 42.5 Å². The van der Waals surface area contributed by atoms with Crippen LogP contribution in [-0.2, 0) is 12.8 Å². The first kappa shape index (κ1) is 19.6. The zero-order valence-corrected chi connectivity index (χ0v) is 17.2. The first-order valence-electron chi connectivity index (χ1n) is 10.3. The molecule has 0 aliphatic heterocycles. The molecule has 0 bridgehead atoms. The summed E-state index contributed by atoms with van der Waals surface area (Å²) in [5.41, 5.74) is 7.14. The highest BCUT2D eigenvalue weighted by Crippen LogP contribution is 2.25. The number of aromatic carboxylic acids is 1. The van der Waals surface area contributed by atoms with Crippen molar-refractivity contribution in [2.45, 2.75) is 12.8 Å². The molecule has 6 nitrogen and oxygen atoms in total. The van der Waals surface area contributed by atoms with Gasteiger partial charge in [-0.25, -0.2) is 14.3 Å². The summed E-state index contributed by atoms with van der Waals surface area (Å²) in [7, 11) is 0. The first-order chi connectivity index (χ1) is 15.7. The fourth-order valence-corrected chi connectivity index (χ4v) is 3.71. The van der Waals surface area contributed by atoms with Gasteiger partial charge >= 0.3 is 5.97 Å². The molecule has 3 aromatic heterocycles. The molecule has 2 aromatic carbocycles. The van der Waals surface area contributed by atoms with Crippen LogP contribution >= 0.6 is 0 Å². The minimum atomic E-state index is -0.911. The average molecular weight is 420 g/mol. The molecule has 0 amide bonds. The molecule has 5 aromatic rings. The lowest BCUT2D eigenvalue weighted by molar-refractivity contribution is 0.0697. The predicted octanol–water partition coefficient (Wildman–Crippen LogP) is 4.94. The lowest BCUT2D eigenvalue weighted by atomic mass is 10.0.